The van der Waals surface area contributed by atoms with Crippen LogP contribution >= 0.6 is 0 Å². The van der Waals surface area contributed by atoms with Crippen molar-refractivity contribution in [2.45, 2.75) is 37.2 Å². The van der Waals surface area contributed by atoms with Gasteiger partial charge in [-0.3, -0.25) is 9.59 Å². The Morgan fingerprint density at radius 1 is 1.09 bits per heavy atom. The Labute approximate surface area is 192 Å². The summed E-state index contributed by atoms with van der Waals surface area (Å²) in [5.74, 6) is -0.392. The molecule has 0 spiro atoms. The quantitative estimate of drug-likeness (QED) is 0.638. The van der Waals surface area contributed by atoms with Crippen molar-refractivity contribution in [3.8, 4) is 11.5 Å². The molecular formula is C23H26N2O7S. The van der Waals surface area contributed by atoms with Crippen LogP contribution in [0.4, 0.5) is 5.69 Å². The molecule has 0 fully saturated rings. The maximum Gasteiger partial charge on any atom is 0.321 e. The van der Waals surface area contributed by atoms with Gasteiger partial charge in [-0.25, -0.2) is 8.42 Å². The summed E-state index contributed by atoms with van der Waals surface area (Å²) in [5, 5.41) is 0. The molecule has 0 radical (unpaired) electrons. The fraction of sp³-hybridized carbons (Fsp3) is 0.391. The summed E-state index contributed by atoms with van der Waals surface area (Å²) < 4.78 is 43.7. The lowest BCUT2D eigenvalue weighted by Crippen LogP contribution is -2.43. The maximum absolute atomic E-state index is 12.9. The lowest BCUT2D eigenvalue weighted by atomic mass is 10.0. The van der Waals surface area contributed by atoms with E-state index in [1.54, 1.807) is 4.90 Å². The molecule has 2 aromatic carbocycles. The van der Waals surface area contributed by atoms with Crippen molar-refractivity contribution in [1.82, 2.24) is 4.72 Å². The van der Waals surface area contributed by atoms with Crippen LogP contribution in [0.2, 0.25) is 0 Å². The highest BCUT2D eigenvalue weighted by Crippen LogP contribution is 2.32. The third-order valence-electron chi connectivity index (χ3n) is 5.47. The largest absolute Gasteiger partial charge is 0.490 e. The van der Waals surface area contributed by atoms with E-state index >= 15 is 0 Å². The first-order valence-corrected chi connectivity index (χ1v) is 12.3. The van der Waals surface area contributed by atoms with Gasteiger partial charge in [0.2, 0.25) is 10.0 Å². The number of sulfonamides is 1. The summed E-state index contributed by atoms with van der Waals surface area (Å²) >= 11 is 0. The SMILES string of the molecule is CC(OC(=O)CNS(=O)(=O)c1ccc2c(c1)OCCCO2)C(=O)N1CCCc2ccccc21. The minimum atomic E-state index is -4.00. The molecule has 2 aliphatic heterocycles. The van der Waals surface area contributed by atoms with Crippen LogP contribution in [0.15, 0.2) is 47.4 Å². The van der Waals surface area contributed by atoms with Crippen molar-refractivity contribution in [2.75, 3.05) is 31.2 Å². The number of carbonyl (C=O) groups excluding carboxylic acids is 2. The van der Waals surface area contributed by atoms with Gasteiger partial charge >= 0.3 is 5.97 Å². The Kier molecular flexibility index (Phi) is 6.85. The Morgan fingerprint density at radius 2 is 1.85 bits per heavy atom. The predicted molar refractivity (Wildman–Crippen MR) is 120 cm³/mol. The average Bonchev–Trinajstić information content (AvgIpc) is 3.07. The number of benzene rings is 2. The minimum absolute atomic E-state index is 0.0615. The highest BCUT2D eigenvalue weighted by Gasteiger charge is 2.29. The van der Waals surface area contributed by atoms with E-state index in [1.165, 1.54) is 25.1 Å². The molecule has 1 amide bonds. The number of esters is 1. The highest BCUT2D eigenvalue weighted by atomic mass is 32.2. The second-order valence-corrected chi connectivity index (χ2v) is 9.60. The van der Waals surface area contributed by atoms with Gasteiger partial charge in [0.05, 0.1) is 18.1 Å². The summed E-state index contributed by atoms with van der Waals surface area (Å²) in [6, 6.07) is 11.9. The third-order valence-corrected chi connectivity index (χ3v) is 6.87. The fourth-order valence-corrected chi connectivity index (χ4v) is 4.80. The first kappa shape index (κ1) is 23.1. The van der Waals surface area contributed by atoms with Crippen LogP contribution < -0.4 is 19.1 Å². The minimum Gasteiger partial charge on any atom is -0.490 e. The molecular weight excluding hydrogens is 448 g/mol. The van der Waals surface area contributed by atoms with Crippen molar-refractivity contribution in [3.05, 3.63) is 48.0 Å². The number of amides is 1. The zero-order valence-electron chi connectivity index (χ0n) is 18.3. The Hall–Kier alpha value is -3.11. The van der Waals surface area contributed by atoms with E-state index in [-0.39, 0.29) is 10.8 Å². The first-order valence-electron chi connectivity index (χ1n) is 10.8. The van der Waals surface area contributed by atoms with Crippen molar-refractivity contribution >= 4 is 27.6 Å². The Morgan fingerprint density at radius 3 is 2.67 bits per heavy atom. The lowest BCUT2D eigenvalue weighted by Gasteiger charge is -2.31. The van der Waals surface area contributed by atoms with Gasteiger partial charge < -0.3 is 19.1 Å². The highest BCUT2D eigenvalue weighted by molar-refractivity contribution is 7.89. The van der Waals surface area contributed by atoms with Gasteiger partial charge in [0.25, 0.3) is 5.91 Å². The number of nitrogens with zero attached hydrogens (tertiary/aromatic N) is 1. The zero-order chi connectivity index (χ0) is 23.4. The molecule has 9 nitrogen and oxygen atoms in total. The Bertz CT molecular complexity index is 1150. The molecule has 33 heavy (non-hydrogen) atoms. The summed E-state index contributed by atoms with van der Waals surface area (Å²) in [7, 11) is -4.00. The van der Waals surface area contributed by atoms with E-state index < -0.39 is 28.6 Å². The molecule has 2 heterocycles. The summed E-state index contributed by atoms with van der Waals surface area (Å²) in [5.41, 5.74) is 1.88. The van der Waals surface area contributed by atoms with Crippen molar-refractivity contribution in [3.63, 3.8) is 0 Å². The molecule has 176 valence electrons. The molecule has 0 aliphatic carbocycles. The predicted octanol–water partition coefficient (Wildman–Crippen LogP) is 2.04. The van der Waals surface area contributed by atoms with Crippen LogP contribution in [0, 0.1) is 0 Å². The molecule has 0 bridgehead atoms. The van der Waals surface area contributed by atoms with Crippen LogP contribution in [0.25, 0.3) is 0 Å². The number of hydrogen-bond acceptors (Lipinski definition) is 7. The van der Waals surface area contributed by atoms with Gasteiger partial charge in [-0.1, -0.05) is 18.2 Å². The summed E-state index contributed by atoms with van der Waals surface area (Å²) in [6.07, 6.45) is 1.35. The van der Waals surface area contributed by atoms with Crippen LogP contribution in [0.3, 0.4) is 0 Å². The fourth-order valence-electron chi connectivity index (χ4n) is 3.82. The van der Waals surface area contributed by atoms with Gasteiger partial charge in [0.1, 0.15) is 6.54 Å². The third kappa shape index (κ3) is 5.28. The van der Waals surface area contributed by atoms with Gasteiger partial charge in [-0.05, 0) is 43.5 Å². The summed E-state index contributed by atoms with van der Waals surface area (Å²) in [4.78, 5) is 26.7. The van der Waals surface area contributed by atoms with Gasteiger partial charge in [-0.15, -0.1) is 0 Å². The van der Waals surface area contributed by atoms with E-state index in [1.807, 2.05) is 24.3 Å². The molecule has 0 aromatic heterocycles. The van der Waals surface area contributed by atoms with Gasteiger partial charge in [0.15, 0.2) is 17.6 Å². The van der Waals surface area contributed by atoms with E-state index in [2.05, 4.69) is 4.72 Å². The zero-order valence-corrected chi connectivity index (χ0v) is 19.1. The molecule has 1 unspecified atom stereocenters. The second-order valence-electron chi connectivity index (χ2n) is 7.84. The van der Waals surface area contributed by atoms with Crippen molar-refractivity contribution in [1.29, 1.82) is 0 Å². The molecule has 2 aliphatic rings. The molecule has 0 saturated carbocycles. The number of anilines is 1. The number of ether oxygens (including phenoxy) is 3. The van der Waals surface area contributed by atoms with Crippen LogP contribution in [0.1, 0.15) is 25.3 Å². The summed E-state index contributed by atoms with van der Waals surface area (Å²) in [6.45, 7) is 2.32. The van der Waals surface area contributed by atoms with Crippen LogP contribution in [0.5, 0.6) is 11.5 Å². The van der Waals surface area contributed by atoms with Gasteiger partial charge in [-0.2, -0.15) is 4.72 Å². The molecule has 1 atom stereocenters. The van der Waals surface area contributed by atoms with E-state index in [9.17, 15) is 18.0 Å². The van der Waals surface area contributed by atoms with Crippen LogP contribution in [-0.2, 0) is 30.8 Å². The van der Waals surface area contributed by atoms with Crippen LogP contribution in [-0.4, -0.2) is 52.7 Å². The molecule has 2 aromatic rings. The van der Waals surface area contributed by atoms with E-state index in [4.69, 9.17) is 14.2 Å². The topological polar surface area (TPSA) is 111 Å². The monoisotopic (exact) mass is 474 g/mol. The number of aryl methyl sites for hydroxylation is 1. The maximum atomic E-state index is 12.9. The number of hydrogen-bond donors (Lipinski definition) is 1. The lowest BCUT2D eigenvalue weighted by molar-refractivity contribution is -0.152. The molecule has 1 N–H and O–H groups in total. The normalized spacial score (nSPS) is 16.3. The second kappa shape index (κ2) is 9.80. The molecule has 10 heteroatoms. The van der Waals surface area contributed by atoms with Crippen molar-refractivity contribution in [2.24, 2.45) is 0 Å². The Balaban J connectivity index is 1.35. The first-order chi connectivity index (χ1) is 15.8. The smallest absolute Gasteiger partial charge is 0.321 e. The van der Waals surface area contributed by atoms with Gasteiger partial charge in [0, 0.05) is 24.7 Å². The average molecular weight is 475 g/mol. The number of fused-ring (bicyclic) bond motifs is 2. The molecule has 4 rings (SSSR count). The number of carbonyl (C=O) groups is 2. The van der Waals surface area contributed by atoms with Crippen molar-refractivity contribution < 1.29 is 32.2 Å². The van der Waals surface area contributed by atoms with E-state index in [0.717, 1.165) is 24.1 Å². The van der Waals surface area contributed by atoms with E-state index in [0.29, 0.717) is 37.7 Å². The molecule has 0 saturated heterocycles. The number of nitrogens with one attached hydrogen (secondary N) is 1. The standard InChI is InChI=1S/C23H26N2O7S/c1-16(23(27)25-11-4-7-17-6-2-3-8-19(17)25)32-22(26)15-24-33(28,29)18-9-10-20-21(14-18)31-13-5-12-30-20/h2-3,6,8-10,14,16,24H,4-5,7,11-13,15H2,1H3. The number of rotatable bonds is 6. The number of para-hydroxylation sites is 1.